The van der Waals surface area contributed by atoms with Crippen LogP contribution in [0.5, 0.6) is 0 Å². The van der Waals surface area contributed by atoms with Crippen LogP contribution in [0.2, 0.25) is 0 Å². The highest BCUT2D eigenvalue weighted by molar-refractivity contribution is 5.83. The van der Waals surface area contributed by atoms with Crippen LogP contribution in [0.3, 0.4) is 0 Å². The van der Waals surface area contributed by atoms with Gasteiger partial charge in [0, 0.05) is 26.8 Å². The highest BCUT2D eigenvalue weighted by Crippen LogP contribution is 2.60. The first-order valence-corrected chi connectivity index (χ1v) is 8.98. The molecule has 4 saturated carbocycles. The Morgan fingerprint density at radius 2 is 1.57 bits per heavy atom. The van der Waals surface area contributed by atoms with Crippen molar-refractivity contribution in [2.45, 2.75) is 51.4 Å². The SMILES string of the molecule is CN(CC1CCOCC1)C(=O)C12CC3CC(CC(C3)C1)C2. The molecule has 5 aliphatic rings. The van der Waals surface area contributed by atoms with Gasteiger partial charge in [-0.1, -0.05) is 0 Å². The molecule has 0 unspecified atom stereocenters. The van der Waals surface area contributed by atoms with Gasteiger partial charge < -0.3 is 9.64 Å². The molecule has 1 aliphatic heterocycles. The van der Waals surface area contributed by atoms with E-state index in [9.17, 15) is 4.79 Å². The maximum Gasteiger partial charge on any atom is 0.228 e. The van der Waals surface area contributed by atoms with Crippen molar-refractivity contribution in [3.05, 3.63) is 0 Å². The molecule has 0 aromatic rings. The first kappa shape index (κ1) is 14.0. The van der Waals surface area contributed by atoms with Gasteiger partial charge in [-0.25, -0.2) is 0 Å². The number of hydrogen-bond acceptors (Lipinski definition) is 2. The van der Waals surface area contributed by atoms with E-state index in [4.69, 9.17) is 4.74 Å². The summed E-state index contributed by atoms with van der Waals surface area (Å²) in [5, 5.41) is 0. The molecule has 0 radical (unpaired) electrons. The Morgan fingerprint density at radius 3 is 2.10 bits per heavy atom. The average Bonchev–Trinajstić information content (AvgIpc) is 2.46. The average molecular weight is 291 g/mol. The first-order valence-electron chi connectivity index (χ1n) is 8.98. The summed E-state index contributed by atoms with van der Waals surface area (Å²) in [6.45, 7) is 2.71. The molecular formula is C18H29NO2. The van der Waals surface area contributed by atoms with Crippen molar-refractivity contribution in [3.8, 4) is 0 Å². The topological polar surface area (TPSA) is 29.5 Å². The fraction of sp³-hybridized carbons (Fsp3) is 0.944. The Labute approximate surface area is 128 Å². The van der Waals surface area contributed by atoms with Crippen molar-refractivity contribution >= 4 is 5.91 Å². The largest absolute Gasteiger partial charge is 0.381 e. The molecule has 0 aromatic carbocycles. The van der Waals surface area contributed by atoms with E-state index < -0.39 is 0 Å². The Morgan fingerprint density at radius 1 is 1.05 bits per heavy atom. The molecule has 1 saturated heterocycles. The molecular weight excluding hydrogens is 262 g/mol. The number of amides is 1. The summed E-state index contributed by atoms with van der Waals surface area (Å²) in [5.41, 5.74) is 0.0364. The molecule has 5 fully saturated rings. The van der Waals surface area contributed by atoms with Gasteiger partial charge >= 0.3 is 0 Å². The molecule has 21 heavy (non-hydrogen) atoms. The maximum absolute atomic E-state index is 13.2. The quantitative estimate of drug-likeness (QED) is 0.799. The van der Waals surface area contributed by atoms with Crippen LogP contribution in [-0.4, -0.2) is 37.6 Å². The highest BCUT2D eigenvalue weighted by atomic mass is 16.5. The number of rotatable bonds is 3. The summed E-state index contributed by atoms with van der Waals surface area (Å²) in [6.07, 6.45) is 10.1. The third-order valence-electron chi connectivity index (χ3n) is 6.71. The van der Waals surface area contributed by atoms with Crippen LogP contribution in [0.4, 0.5) is 0 Å². The molecule has 1 heterocycles. The van der Waals surface area contributed by atoms with Crippen LogP contribution in [0.1, 0.15) is 51.4 Å². The lowest BCUT2D eigenvalue weighted by atomic mass is 9.49. The molecule has 0 atom stereocenters. The van der Waals surface area contributed by atoms with E-state index in [1.54, 1.807) is 0 Å². The summed E-state index contributed by atoms with van der Waals surface area (Å²) in [4.78, 5) is 15.3. The Kier molecular flexibility index (Phi) is 3.52. The van der Waals surface area contributed by atoms with Crippen molar-refractivity contribution in [1.82, 2.24) is 4.90 Å². The minimum absolute atomic E-state index is 0.0364. The lowest BCUT2D eigenvalue weighted by Gasteiger charge is -2.56. The first-order chi connectivity index (χ1) is 10.1. The highest BCUT2D eigenvalue weighted by Gasteiger charge is 2.55. The monoisotopic (exact) mass is 291 g/mol. The molecule has 0 N–H and O–H groups in total. The van der Waals surface area contributed by atoms with Gasteiger partial charge in [0.2, 0.25) is 5.91 Å². The Bertz CT molecular complexity index is 378. The van der Waals surface area contributed by atoms with E-state index in [2.05, 4.69) is 11.9 Å². The minimum atomic E-state index is 0.0364. The van der Waals surface area contributed by atoms with Crippen LogP contribution >= 0.6 is 0 Å². The molecule has 4 aliphatic carbocycles. The second-order valence-electron chi connectivity index (χ2n) is 8.44. The zero-order chi connectivity index (χ0) is 14.4. The lowest BCUT2D eigenvalue weighted by Crippen LogP contribution is -2.54. The van der Waals surface area contributed by atoms with E-state index in [0.29, 0.717) is 11.8 Å². The van der Waals surface area contributed by atoms with E-state index in [1.807, 2.05) is 0 Å². The van der Waals surface area contributed by atoms with Gasteiger partial charge in [0.15, 0.2) is 0 Å². The zero-order valence-corrected chi connectivity index (χ0v) is 13.4. The van der Waals surface area contributed by atoms with Gasteiger partial charge in [-0.3, -0.25) is 4.79 Å². The van der Waals surface area contributed by atoms with E-state index in [-0.39, 0.29) is 5.41 Å². The fourth-order valence-electron chi connectivity index (χ4n) is 6.18. The summed E-state index contributed by atoms with van der Waals surface area (Å²) >= 11 is 0. The number of carbonyl (C=O) groups excluding carboxylic acids is 1. The van der Waals surface area contributed by atoms with Crippen LogP contribution in [0, 0.1) is 29.1 Å². The van der Waals surface area contributed by atoms with Gasteiger partial charge in [-0.15, -0.1) is 0 Å². The fourth-order valence-corrected chi connectivity index (χ4v) is 6.18. The summed E-state index contributed by atoms with van der Waals surface area (Å²) < 4.78 is 5.44. The van der Waals surface area contributed by atoms with Gasteiger partial charge in [0.05, 0.1) is 5.41 Å². The third kappa shape index (κ3) is 2.52. The molecule has 0 spiro atoms. The van der Waals surface area contributed by atoms with Gasteiger partial charge in [0.25, 0.3) is 0 Å². The lowest BCUT2D eigenvalue weighted by molar-refractivity contribution is -0.157. The minimum Gasteiger partial charge on any atom is -0.381 e. The number of nitrogens with zero attached hydrogens (tertiary/aromatic N) is 1. The summed E-state index contributed by atoms with van der Waals surface area (Å²) in [7, 11) is 2.05. The van der Waals surface area contributed by atoms with Gasteiger partial charge in [-0.2, -0.15) is 0 Å². The summed E-state index contributed by atoms with van der Waals surface area (Å²) in [6, 6.07) is 0. The Balaban J connectivity index is 1.44. The Hall–Kier alpha value is -0.570. The second kappa shape index (κ2) is 5.26. The molecule has 5 rings (SSSR count). The number of ether oxygens (including phenoxy) is 1. The standard InChI is InChI=1S/C18H29NO2/c1-19(12-13-2-4-21-5-3-13)17(20)18-9-14-6-15(10-18)8-16(7-14)11-18/h13-16H,2-12H2,1H3. The van der Waals surface area contributed by atoms with Gasteiger partial charge in [0.1, 0.15) is 0 Å². The van der Waals surface area contributed by atoms with Gasteiger partial charge in [-0.05, 0) is 75.0 Å². The zero-order valence-electron chi connectivity index (χ0n) is 13.4. The predicted octanol–water partition coefficient (Wildman–Crippen LogP) is 3.09. The number of carbonyl (C=O) groups is 1. The molecule has 4 bridgehead atoms. The van der Waals surface area contributed by atoms with Crippen molar-refractivity contribution in [2.75, 3.05) is 26.8 Å². The van der Waals surface area contributed by atoms with Crippen LogP contribution in [0.15, 0.2) is 0 Å². The third-order valence-corrected chi connectivity index (χ3v) is 6.71. The molecule has 118 valence electrons. The van der Waals surface area contributed by atoms with Crippen molar-refractivity contribution in [3.63, 3.8) is 0 Å². The summed E-state index contributed by atoms with van der Waals surface area (Å²) in [5.74, 6) is 3.71. The molecule has 0 aromatic heterocycles. The van der Waals surface area contributed by atoms with Crippen molar-refractivity contribution in [2.24, 2.45) is 29.1 Å². The smallest absolute Gasteiger partial charge is 0.228 e. The van der Waals surface area contributed by atoms with Crippen LogP contribution < -0.4 is 0 Å². The predicted molar refractivity (Wildman–Crippen MR) is 81.8 cm³/mol. The van der Waals surface area contributed by atoms with E-state index in [0.717, 1.165) is 50.4 Å². The van der Waals surface area contributed by atoms with Crippen LogP contribution in [-0.2, 0) is 9.53 Å². The van der Waals surface area contributed by atoms with Crippen molar-refractivity contribution < 1.29 is 9.53 Å². The maximum atomic E-state index is 13.2. The number of hydrogen-bond donors (Lipinski definition) is 0. The molecule has 3 heteroatoms. The molecule has 1 amide bonds. The molecule has 3 nitrogen and oxygen atoms in total. The van der Waals surface area contributed by atoms with E-state index in [1.165, 1.54) is 38.5 Å². The van der Waals surface area contributed by atoms with Crippen LogP contribution in [0.25, 0.3) is 0 Å². The van der Waals surface area contributed by atoms with E-state index >= 15 is 0 Å². The van der Waals surface area contributed by atoms with Crippen molar-refractivity contribution in [1.29, 1.82) is 0 Å². The second-order valence-corrected chi connectivity index (χ2v) is 8.44. The normalized spacial score (nSPS) is 42.2.